The molecule has 2 aromatic rings. The van der Waals surface area contributed by atoms with Crippen LogP contribution < -0.4 is 20.6 Å². The molecule has 0 atom stereocenters. The summed E-state index contributed by atoms with van der Waals surface area (Å²) in [5, 5.41) is 10.7. The summed E-state index contributed by atoms with van der Waals surface area (Å²) in [5.74, 6) is 1.67. The van der Waals surface area contributed by atoms with E-state index < -0.39 is 0 Å². The Morgan fingerprint density at radius 3 is 2.60 bits per heavy atom. The molecule has 1 heterocycles. The molecule has 8 nitrogen and oxygen atoms in total. The van der Waals surface area contributed by atoms with Gasteiger partial charge in [0.1, 0.15) is 0 Å². The molecule has 8 heteroatoms. The van der Waals surface area contributed by atoms with E-state index in [-0.39, 0.29) is 5.95 Å². The Hall–Kier alpha value is -2.51. The molecule has 2 rings (SSSR count). The Balaban J connectivity index is 2.08. The first-order valence-corrected chi connectivity index (χ1v) is 6.40. The van der Waals surface area contributed by atoms with Gasteiger partial charge in [-0.05, 0) is 42.0 Å². The third-order valence-corrected chi connectivity index (χ3v) is 2.53. The molecule has 0 spiro atoms. The minimum atomic E-state index is 0.209. The average molecular weight is 278 g/mol. The smallest absolute Gasteiger partial charge is 0.260 e. The van der Waals surface area contributed by atoms with Crippen molar-refractivity contribution in [2.45, 2.75) is 20.4 Å². The van der Waals surface area contributed by atoms with Crippen LogP contribution in [0, 0.1) is 0 Å². The average Bonchev–Trinajstić information content (AvgIpc) is 2.85. The zero-order chi connectivity index (χ0) is 14.4. The summed E-state index contributed by atoms with van der Waals surface area (Å²) in [4.78, 5) is 1.32. The van der Waals surface area contributed by atoms with Gasteiger partial charge >= 0.3 is 0 Å². The molecule has 0 unspecified atom stereocenters. The van der Waals surface area contributed by atoms with Crippen LogP contribution in [0.25, 0.3) is 0 Å². The number of nitrogens with two attached hydrogens (primary N) is 1. The lowest BCUT2D eigenvalue weighted by Gasteiger charge is -2.13. The highest BCUT2D eigenvalue weighted by Crippen LogP contribution is 2.28. The second kappa shape index (κ2) is 6.60. The predicted octanol–water partition coefficient (Wildman–Crippen LogP) is 0.796. The van der Waals surface area contributed by atoms with Crippen LogP contribution in [0.4, 0.5) is 5.95 Å². The van der Waals surface area contributed by atoms with Gasteiger partial charge in [0.05, 0.1) is 19.8 Å². The Bertz CT molecular complexity index is 557. The molecule has 1 aromatic heterocycles. The molecule has 0 saturated carbocycles. The molecule has 3 N–H and O–H groups in total. The van der Waals surface area contributed by atoms with Crippen molar-refractivity contribution in [3.63, 3.8) is 0 Å². The van der Waals surface area contributed by atoms with E-state index in [1.165, 1.54) is 4.79 Å². The number of rotatable bonds is 7. The predicted molar refractivity (Wildman–Crippen MR) is 74.1 cm³/mol. The second-order valence-corrected chi connectivity index (χ2v) is 3.93. The molecule has 1 aromatic carbocycles. The van der Waals surface area contributed by atoms with Gasteiger partial charge in [0, 0.05) is 0 Å². The first-order chi connectivity index (χ1) is 9.74. The van der Waals surface area contributed by atoms with E-state index in [4.69, 9.17) is 15.2 Å². The van der Waals surface area contributed by atoms with E-state index in [0.29, 0.717) is 19.8 Å². The number of nitrogens with zero attached hydrogens (tertiary/aromatic N) is 4. The fourth-order valence-corrected chi connectivity index (χ4v) is 1.68. The Morgan fingerprint density at radius 2 is 1.95 bits per heavy atom. The molecule has 108 valence electrons. The van der Waals surface area contributed by atoms with E-state index in [9.17, 15) is 0 Å². The van der Waals surface area contributed by atoms with Gasteiger partial charge in [-0.15, -0.1) is 4.79 Å². The zero-order valence-corrected chi connectivity index (χ0v) is 11.5. The maximum atomic E-state index is 5.57. The third kappa shape index (κ3) is 3.28. The molecule has 0 aliphatic rings. The highest BCUT2D eigenvalue weighted by atomic mass is 16.5. The van der Waals surface area contributed by atoms with Crippen molar-refractivity contribution in [3.8, 4) is 11.5 Å². The SMILES string of the molecule is CCOc1ccc(CNn2nnnc2N)cc1OCC. The standard InChI is InChI=1S/C12H18N6O2/c1-3-19-10-6-5-9(7-11(10)20-4-2)8-14-18-12(13)15-16-17-18/h5-7,14H,3-4,8H2,1-2H3,(H2,13,15,17). The van der Waals surface area contributed by atoms with Gasteiger partial charge < -0.3 is 20.6 Å². The van der Waals surface area contributed by atoms with Crippen molar-refractivity contribution in [2.75, 3.05) is 24.4 Å². The summed E-state index contributed by atoms with van der Waals surface area (Å²) in [6.07, 6.45) is 0. The second-order valence-electron chi connectivity index (χ2n) is 3.93. The monoisotopic (exact) mass is 278 g/mol. The van der Waals surface area contributed by atoms with Crippen molar-refractivity contribution in [1.82, 2.24) is 20.3 Å². The highest BCUT2D eigenvalue weighted by molar-refractivity contribution is 5.43. The van der Waals surface area contributed by atoms with Crippen LogP contribution in [0.1, 0.15) is 19.4 Å². The molecular weight excluding hydrogens is 260 g/mol. The van der Waals surface area contributed by atoms with Crippen molar-refractivity contribution < 1.29 is 9.47 Å². The zero-order valence-electron chi connectivity index (χ0n) is 11.5. The van der Waals surface area contributed by atoms with Crippen LogP contribution in [-0.4, -0.2) is 33.5 Å². The summed E-state index contributed by atoms with van der Waals surface area (Å²) in [6, 6.07) is 5.75. The number of nitrogen functional groups attached to an aromatic ring is 1. The maximum Gasteiger partial charge on any atom is 0.260 e. The molecule has 0 aliphatic heterocycles. The van der Waals surface area contributed by atoms with Crippen LogP contribution in [0.2, 0.25) is 0 Å². The van der Waals surface area contributed by atoms with E-state index in [1.807, 2.05) is 32.0 Å². The number of aromatic nitrogens is 4. The highest BCUT2D eigenvalue weighted by Gasteiger charge is 2.07. The van der Waals surface area contributed by atoms with Crippen molar-refractivity contribution in [1.29, 1.82) is 0 Å². The summed E-state index contributed by atoms with van der Waals surface area (Å²) in [5.41, 5.74) is 9.56. The fourth-order valence-electron chi connectivity index (χ4n) is 1.68. The first kappa shape index (κ1) is 13.9. The van der Waals surface area contributed by atoms with E-state index in [0.717, 1.165) is 17.1 Å². The van der Waals surface area contributed by atoms with Gasteiger partial charge in [-0.3, -0.25) is 0 Å². The number of ether oxygens (including phenoxy) is 2. The Labute approximate surface area is 116 Å². The number of hydrogen-bond donors (Lipinski definition) is 2. The minimum absolute atomic E-state index is 0.209. The number of hydrogen-bond acceptors (Lipinski definition) is 7. The van der Waals surface area contributed by atoms with Crippen LogP contribution in [0.5, 0.6) is 11.5 Å². The summed E-state index contributed by atoms with van der Waals surface area (Å²) in [6.45, 7) is 5.56. The van der Waals surface area contributed by atoms with Gasteiger partial charge in [-0.25, -0.2) is 0 Å². The van der Waals surface area contributed by atoms with Crippen LogP contribution >= 0.6 is 0 Å². The third-order valence-electron chi connectivity index (χ3n) is 2.53. The van der Waals surface area contributed by atoms with E-state index >= 15 is 0 Å². The fraction of sp³-hybridized carbons (Fsp3) is 0.417. The first-order valence-electron chi connectivity index (χ1n) is 6.40. The normalized spacial score (nSPS) is 10.3. The lowest BCUT2D eigenvalue weighted by Crippen LogP contribution is -2.18. The van der Waals surface area contributed by atoms with Gasteiger partial charge in [0.2, 0.25) is 0 Å². The molecule has 0 aliphatic carbocycles. The lowest BCUT2D eigenvalue weighted by atomic mass is 10.2. The summed E-state index contributed by atoms with van der Waals surface area (Å²) in [7, 11) is 0. The van der Waals surface area contributed by atoms with Crippen LogP contribution in [-0.2, 0) is 6.54 Å². The molecular formula is C12H18N6O2. The topological polar surface area (TPSA) is 100 Å². The largest absolute Gasteiger partial charge is 0.490 e. The van der Waals surface area contributed by atoms with Gasteiger partial charge in [0.25, 0.3) is 5.95 Å². The molecule has 0 saturated heterocycles. The molecule has 0 radical (unpaired) electrons. The van der Waals surface area contributed by atoms with Crippen molar-refractivity contribution in [3.05, 3.63) is 23.8 Å². The maximum absolute atomic E-state index is 5.57. The molecule has 0 amide bonds. The number of tetrazole rings is 1. The quantitative estimate of drug-likeness (QED) is 0.772. The molecule has 0 fully saturated rings. The number of benzene rings is 1. The Morgan fingerprint density at radius 1 is 1.20 bits per heavy atom. The molecule has 20 heavy (non-hydrogen) atoms. The number of anilines is 1. The van der Waals surface area contributed by atoms with Crippen LogP contribution in [0.15, 0.2) is 18.2 Å². The van der Waals surface area contributed by atoms with Gasteiger partial charge in [-0.1, -0.05) is 11.2 Å². The van der Waals surface area contributed by atoms with Gasteiger partial charge in [-0.2, -0.15) is 0 Å². The van der Waals surface area contributed by atoms with E-state index in [1.54, 1.807) is 0 Å². The van der Waals surface area contributed by atoms with Crippen molar-refractivity contribution >= 4 is 5.95 Å². The van der Waals surface area contributed by atoms with Crippen LogP contribution in [0.3, 0.4) is 0 Å². The molecule has 0 bridgehead atoms. The summed E-state index contributed by atoms with van der Waals surface area (Å²) >= 11 is 0. The van der Waals surface area contributed by atoms with Crippen molar-refractivity contribution in [2.24, 2.45) is 0 Å². The Kier molecular flexibility index (Phi) is 4.59. The van der Waals surface area contributed by atoms with Gasteiger partial charge in [0.15, 0.2) is 11.5 Å². The minimum Gasteiger partial charge on any atom is -0.490 e. The number of nitrogens with one attached hydrogen (secondary N) is 1. The van der Waals surface area contributed by atoms with E-state index in [2.05, 4.69) is 21.0 Å². The summed E-state index contributed by atoms with van der Waals surface area (Å²) < 4.78 is 11.1. The lowest BCUT2D eigenvalue weighted by molar-refractivity contribution is 0.287.